The second-order valence-electron chi connectivity index (χ2n) is 17.3. The van der Waals surface area contributed by atoms with E-state index in [4.69, 9.17) is 28.4 Å². The first kappa shape index (κ1) is 56.4. The lowest BCUT2D eigenvalue weighted by Crippen LogP contribution is -2.61. The smallest absolute Gasteiger partial charge is 0.306 e. The molecule has 15 heteroatoms. The number of esters is 2. The molecule has 62 heavy (non-hydrogen) atoms. The van der Waals surface area contributed by atoms with E-state index in [2.05, 4.69) is 26.0 Å². The normalized spacial score (nSPS) is 27.1. The molecule has 2 aliphatic heterocycles. The van der Waals surface area contributed by atoms with E-state index in [1.165, 1.54) is 83.5 Å². The number of carbonyl (C=O) groups excluding carboxylic acids is 2. The number of aliphatic hydroxyl groups is 7. The number of rotatable bonds is 37. The second-order valence-corrected chi connectivity index (χ2v) is 17.3. The lowest BCUT2D eigenvalue weighted by molar-refractivity contribution is -0.332. The van der Waals surface area contributed by atoms with Gasteiger partial charge in [0.1, 0.15) is 55.4 Å². The molecular formula is C47H86O15. The highest BCUT2D eigenvalue weighted by atomic mass is 16.7. The third-order valence-corrected chi connectivity index (χ3v) is 11.7. The van der Waals surface area contributed by atoms with Gasteiger partial charge >= 0.3 is 11.9 Å². The summed E-state index contributed by atoms with van der Waals surface area (Å²) in [6.45, 7) is 2.56. The molecule has 15 nitrogen and oxygen atoms in total. The van der Waals surface area contributed by atoms with Crippen LogP contribution < -0.4 is 0 Å². The number of ether oxygens (including phenoxy) is 6. The summed E-state index contributed by atoms with van der Waals surface area (Å²) in [7, 11) is 0. The predicted molar refractivity (Wildman–Crippen MR) is 234 cm³/mol. The largest absolute Gasteiger partial charge is 0.462 e. The van der Waals surface area contributed by atoms with Crippen molar-refractivity contribution in [1.29, 1.82) is 0 Å². The summed E-state index contributed by atoms with van der Waals surface area (Å²) in [6.07, 6.45) is 15.3. The summed E-state index contributed by atoms with van der Waals surface area (Å²) in [6, 6.07) is 0. The van der Waals surface area contributed by atoms with E-state index in [1.807, 2.05) is 0 Å². The van der Waals surface area contributed by atoms with E-state index >= 15 is 0 Å². The Morgan fingerprint density at radius 2 is 0.919 bits per heavy atom. The Morgan fingerprint density at radius 1 is 0.500 bits per heavy atom. The van der Waals surface area contributed by atoms with Gasteiger partial charge in [-0.1, -0.05) is 142 Å². The van der Waals surface area contributed by atoms with Crippen LogP contribution in [0.2, 0.25) is 0 Å². The number of hydrogen-bond acceptors (Lipinski definition) is 15. The first-order valence-electron chi connectivity index (χ1n) is 24.3. The first-order valence-corrected chi connectivity index (χ1v) is 24.3. The van der Waals surface area contributed by atoms with Crippen LogP contribution in [0.25, 0.3) is 0 Å². The minimum atomic E-state index is -1.76. The van der Waals surface area contributed by atoms with Crippen molar-refractivity contribution >= 4 is 11.9 Å². The Bertz CT molecular complexity index is 1140. The summed E-state index contributed by atoms with van der Waals surface area (Å²) in [5, 5.41) is 71.9. The van der Waals surface area contributed by atoms with Gasteiger partial charge in [-0.2, -0.15) is 0 Å². The molecule has 0 aliphatic carbocycles. The van der Waals surface area contributed by atoms with Gasteiger partial charge in [-0.15, -0.1) is 0 Å². The fourth-order valence-corrected chi connectivity index (χ4v) is 7.68. The summed E-state index contributed by atoms with van der Waals surface area (Å²) in [5.74, 6) is -0.929. The van der Waals surface area contributed by atoms with Crippen molar-refractivity contribution in [3.63, 3.8) is 0 Å². The molecule has 11 atom stereocenters. The summed E-state index contributed by atoms with van der Waals surface area (Å²) < 4.78 is 33.5. The van der Waals surface area contributed by atoms with Gasteiger partial charge in [-0.3, -0.25) is 9.59 Å². The van der Waals surface area contributed by atoms with E-state index in [0.717, 1.165) is 57.8 Å². The molecule has 0 aromatic heterocycles. The van der Waals surface area contributed by atoms with Crippen molar-refractivity contribution in [2.45, 2.75) is 248 Å². The zero-order chi connectivity index (χ0) is 45.4. The number of allylic oxidation sites excluding steroid dienone is 2. The highest BCUT2D eigenvalue weighted by Crippen LogP contribution is 2.26. The number of hydrogen-bond donors (Lipinski definition) is 7. The molecule has 0 radical (unpaired) electrons. The molecule has 0 spiro atoms. The van der Waals surface area contributed by atoms with E-state index < -0.39 is 92.7 Å². The molecule has 2 rings (SSSR count). The fraction of sp³-hybridized carbons (Fsp3) is 0.915. The molecule has 2 fully saturated rings. The summed E-state index contributed by atoms with van der Waals surface area (Å²) >= 11 is 0. The molecule has 0 saturated carbocycles. The Hall–Kier alpha value is -1.76. The van der Waals surface area contributed by atoms with E-state index in [-0.39, 0.29) is 26.1 Å². The number of carbonyl (C=O) groups is 2. The van der Waals surface area contributed by atoms with Gasteiger partial charge in [0.2, 0.25) is 0 Å². The second kappa shape index (κ2) is 35.5. The number of unbranched alkanes of at least 4 members (excludes halogenated alkanes) is 21. The molecule has 0 aromatic carbocycles. The lowest BCUT2D eigenvalue weighted by Gasteiger charge is -2.42. The molecule has 2 saturated heterocycles. The summed E-state index contributed by atoms with van der Waals surface area (Å²) in [4.78, 5) is 25.6. The quantitative estimate of drug-likeness (QED) is 0.0221. The van der Waals surface area contributed by atoms with Gasteiger partial charge in [0, 0.05) is 12.8 Å². The van der Waals surface area contributed by atoms with Crippen molar-refractivity contribution in [3.05, 3.63) is 12.2 Å². The minimum absolute atomic E-state index is 0.158. The molecule has 7 N–H and O–H groups in total. The van der Waals surface area contributed by atoms with E-state index in [9.17, 15) is 45.3 Å². The molecule has 0 aromatic rings. The molecule has 2 aliphatic rings. The maximum absolute atomic E-state index is 12.9. The van der Waals surface area contributed by atoms with Crippen molar-refractivity contribution < 1.29 is 73.8 Å². The molecule has 2 heterocycles. The topological polar surface area (TPSA) is 231 Å². The molecule has 364 valence electrons. The third-order valence-electron chi connectivity index (χ3n) is 11.7. The lowest BCUT2D eigenvalue weighted by atomic mass is 9.98. The Morgan fingerprint density at radius 3 is 1.45 bits per heavy atom. The van der Waals surface area contributed by atoms with E-state index in [0.29, 0.717) is 12.8 Å². The highest BCUT2D eigenvalue weighted by molar-refractivity contribution is 5.70. The average Bonchev–Trinajstić information content (AvgIpc) is 3.26. The van der Waals surface area contributed by atoms with Crippen LogP contribution in [0.5, 0.6) is 0 Å². The highest BCUT2D eigenvalue weighted by Gasteiger charge is 2.47. The Kier molecular flexibility index (Phi) is 32.3. The first-order chi connectivity index (χ1) is 30.0. The SMILES string of the molecule is CCCCC/C=C\CCCCCCCC(=O)OC(COC(=O)CCCCCCCCCCCCCCCC)COC1OC(COC2OC(CO)C(O)C(O)C2O)C(O)C(O)C1O. The monoisotopic (exact) mass is 891 g/mol. The van der Waals surface area contributed by atoms with Crippen LogP contribution in [0.3, 0.4) is 0 Å². The van der Waals surface area contributed by atoms with E-state index in [1.54, 1.807) is 0 Å². The van der Waals surface area contributed by atoms with Crippen LogP contribution in [0, 0.1) is 0 Å². The van der Waals surface area contributed by atoms with Gasteiger partial charge in [-0.25, -0.2) is 0 Å². The molecule has 11 unspecified atom stereocenters. The van der Waals surface area contributed by atoms with Gasteiger partial charge < -0.3 is 64.2 Å². The van der Waals surface area contributed by atoms with Crippen molar-refractivity contribution in [1.82, 2.24) is 0 Å². The predicted octanol–water partition coefficient (Wildman–Crippen LogP) is 5.82. The van der Waals surface area contributed by atoms with Crippen LogP contribution in [-0.2, 0) is 38.0 Å². The zero-order valence-electron chi connectivity index (χ0n) is 38.1. The van der Waals surface area contributed by atoms with Crippen LogP contribution in [0.1, 0.15) is 181 Å². The van der Waals surface area contributed by atoms with Gasteiger partial charge in [0.15, 0.2) is 18.7 Å². The molecule has 0 amide bonds. The van der Waals surface area contributed by atoms with Crippen LogP contribution >= 0.6 is 0 Å². The number of aliphatic hydroxyl groups excluding tert-OH is 7. The standard InChI is InChI=1S/C47H86O15/c1-3-5-7-9-11-13-15-17-18-20-21-23-25-27-29-38(49)57-32-35(60-39(50)30-28-26-24-22-19-16-14-12-10-8-6-4-2)33-58-46-45(56)43(54)41(52)37(62-46)34-59-47-44(55)42(53)40(51)36(31-48)61-47/h12,14,35-37,40-48,51-56H,3-11,13,15-34H2,1-2H3/b14-12-. The average molecular weight is 891 g/mol. The van der Waals surface area contributed by atoms with Gasteiger partial charge in [0.05, 0.1) is 19.8 Å². The molecular weight excluding hydrogens is 805 g/mol. The maximum Gasteiger partial charge on any atom is 0.306 e. The molecule has 0 bridgehead atoms. The van der Waals surface area contributed by atoms with Gasteiger partial charge in [-0.05, 0) is 38.5 Å². The van der Waals surface area contributed by atoms with Crippen LogP contribution in [-0.4, -0.2) is 142 Å². The Labute approximate surface area is 371 Å². The van der Waals surface area contributed by atoms with Crippen molar-refractivity contribution in [3.8, 4) is 0 Å². The maximum atomic E-state index is 12.9. The Balaban J connectivity index is 1.83. The van der Waals surface area contributed by atoms with Crippen molar-refractivity contribution in [2.75, 3.05) is 26.4 Å². The fourth-order valence-electron chi connectivity index (χ4n) is 7.68. The van der Waals surface area contributed by atoms with Crippen LogP contribution in [0.15, 0.2) is 12.2 Å². The summed E-state index contributed by atoms with van der Waals surface area (Å²) in [5.41, 5.74) is 0. The van der Waals surface area contributed by atoms with Crippen molar-refractivity contribution in [2.24, 2.45) is 0 Å². The minimum Gasteiger partial charge on any atom is -0.462 e. The van der Waals surface area contributed by atoms with Crippen LogP contribution in [0.4, 0.5) is 0 Å². The third kappa shape index (κ3) is 24.0. The zero-order valence-corrected chi connectivity index (χ0v) is 38.1. The van der Waals surface area contributed by atoms with Gasteiger partial charge in [0.25, 0.3) is 0 Å².